The van der Waals surface area contributed by atoms with Gasteiger partial charge in [-0.05, 0) is 55.0 Å². The van der Waals surface area contributed by atoms with E-state index in [-0.39, 0.29) is 55.4 Å². The van der Waals surface area contributed by atoms with Crippen LogP contribution >= 0.6 is 11.3 Å². The Morgan fingerprint density at radius 3 is 2.27 bits per heavy atom. The van der Waals surface area contributed by atoms with Gasteiger partial charge in [0.1, 0.15) is 22.7 Å². The SMILES string of the molecule is COc1ccc(S(=O)(=O)N(CC(C)C)C[C@@H](O)[C@H](Cc2ccccc2)NC(=O)[C@H](C(C)C)N2CCN(Cc3csc(C(C)C(=O)O)n3)C2=O)cc1. The van der Waals surface area contributed by atoms with Crippen LogP contribution in [0, 0.1) is 11.8 Å². The van der Waals surface area contributed by atoms with Crippen molar-refractivity contribution < 1.29 is 37.8 Å². The first-order valence-electron chi connectivity index (χ1n) is 17.0. The number of carbonyl (C=O) groups is 3. The highest BCUT2D eigenvalue weighted by Gasteiger charge is 2.41. The quantitative estimate of drug-likeness (QED) is 0.174. The molecule has 13 nitrogen and oxygen atoms in total. The van der Waals surface area contributed by atoms with Crippen molar-refractivity contribution in [2.24, 2.45) is 11.8 Å². The van der Waals surface area contributed by atoms with Crippen molar-refractivity contribution in [3.8, 4) is 5.75 Å². The average Bonchev–Trinajstić information content (AvgIpc) is 3.70. The van der Waals surface area contributed by atoms with Crippen LogP contribution < -0.4 is 10.1 Å². The number of rotatable bonds is 18. The fourth-order valence-electron chi connectivity index (χ4n) is 6.04. The van der Waals surface area contributed by atoms with E-state index in [1.54, 1.807) is 29.3 Å². The molecule has 0 saturated carbocycles. The number of nitrogens with one attached hydrogen (secondary N) is 1. The molecule has 3 amide bonds. The summed E-state index contributed by atoms with van der Waals surface area (Å²) in [6.45, 7) is 9.69. The Hall–Kier alpha value is -4.05. The average molecular weight is 744 g/mol. The molecule has 4 atom stereocenters. The van der Waals surface area contributed by atoms with Crippen molar-refractivity contribution in [3.05, 3.63) is 76.2 Å². The van der Waals surface area contributed by atoms with E-state index in [0.29, 0.717) is 23.0 Å². The Balaban J connectivity index is 1.55. The van der Waals surface area contributed by atoms with Gasteiger partial charge in [-0.3, -0.25) is 9.59 Å². The van der Waals surface area contributed by atoms with Crippen LogP contribution in [0.2, 0.25) is 0 Å². The van der Waals surface area contributed by atoms with Crippen molar-refractivity contribution in [2.45, 2.75) is 76.6 Å². The van der Waals surface area contributed by atoms with Gasteiger partial charge in [0.15, 0.2) is 0 Å². The molecular formula is C36H49N5O8S2. The molecule has 3 N–H and O–H groups in total. The van der Waals surface area contributed by atoms with E-state index < -0.39 is 46.0 Å². The summed E-state index contributed by atoms with van der Waals surface area (Å²) >= 11 is 1.23. The van der Waals surface area contributed by atoms with E-state index in [2.05, 4.69) is 10.3 Å². The Kier molecular flexibility index (Phi) is 13.6. The third kappa shape index (κ3) is 10.1. The highest BCUT2D eigenvalue weighted by atomic mass is 32.2. The highest BCUT2D eigenvalue weighted by molar-refractivity contribution is 7.89. The molecule has 1 unspecified atom stereocenters. The van der Waals surface area contributed by atoms with Gasteiger partial charge in [0.25, 0.3) is 0 Å². The summed E-state index contributed by atoms with van der Waals surface area (Å²) in [5, 5.41) is 26.3. The van der Waals surface area contributed by atoms with Gasteiger partial charge in [0, 0.05) is 31.6 Å². The van der Waals surface area contributed by atoms with Gasteiger partial charge >= 0.3 is 12.0 Å². The number of carboxylic acids is 1. The summed E-state index contributed by atoms with van der Waals surface area (Å²) in [6, 6.07) is 13.2. The molecule has 2 heterocycles. The van der Waals surface area contributed by atoms with Crippen LogP contribution in [0.1, 0.15) is 56.8 Å². The van der Waals surface area contributed by atoms with Crippen molar-refractivity contribution >= 4 is 39.3 Å². The predicted octanol–water partition coefficient (Wildman–Crippen LogP) is 4.04. The van der Waals surface area contributed by atoms with E-state index in [1.807, 2.05) is 58.0 Å². The van der Waals surface area contributed by atoms with Crippen LogP contribution in [-0.4, -0.2) is 107 Å². The monoisotopic (exact) mass is 743 g/mol. The number of carboxylic acid groups (broad SMARTS) is 1. The fourth-order valence-corrected chi connectivity index (χ4v) is 8.52. The molecule has 51 heavy (non-hydrogen) atoms. The number of benzene rings is 2. The van der Waals surface area contributed by atoms with Gasteiger partial charge in [-0.2, -0.15) is 4.31 Å². The van der Waals surface area contributed by atoms with Gasteiger partial charge in [-0.1, -0.05) is 58.0 Å². The molecule has 0 spiro atoms. The molecule has 1 aliphatic rings. The highest BCUT2D eigenvalue weighted by Crippen LogP contribution is 2.25. The van der Waals surface area contributed by atoms with E-state index >= 15 is 0 Å². The second-order valence-corrected chi connectivity index (χ2v) is 16.4. The zero-order chi connectivity index (χ0) is 37.5. The third-order valence-corrected chi connectivity index (χ3v) is 11.7. The standard InChI is InChI=1S/C36H49N5O8S2/c1-23(2)19-40(51(47,48)29-14-12-28(49-6)13-15-29)21-31(42)30(18-26-10-8-7-9-11-26)38-33(43)32(24(3)4)41-17-16-39(36(41)46)20-27-22-50-34(37-27)25(5)35(44)45/h7-15,22-25,30-32,42H,16-21H2,1-6H3,(H,38,43)(H,44,45)/t25?,30-,31+,32-/m0/s1. The second-order valence-electron chi connectivity index (χ2n) is 13.6. The predicted molar refractivity (Wildman–Crippen MR) is 194 cm³/mol. The van der Waals surface area contributed by atoms with Crippen molar-refractivity contribution in [2.75, 3.05) is 33.3 Å². The number of carbonyl (C=O) groups excluding carboxylic acids is 2. The first-order valence-corrected chi connectivity index (χ1v) is 19.3. The van der Waals surface area contributed by atoms with Crippen LogP contribution in [0.4, 0.5) is 4.79 Å². The number of aliphatic hydroxyl groups excluding tert-OH is 1. The molecule has 1 saturated heterocycles. The first-order chi connectivity index (χ1) is 24.1. The lowest BCUT2D eigenvalue weighted by molar-refractivity contribution is -0.138. The van der Waals surface area contributed by atoms with Crippen LogP contribution in [0.5, 0.6) is 5.75 Å². The summed E-state index contributed by atoms with van der Waals surface area (Å²) in [7, 11) is -2.53. The van der Waals surface area contributed by atoms with Crippen LogP contribution in [0.15, 0.2) is 64.9 Å². The molecule has 0 radical (unpaired) electrons. The van der Waals surface area contributed by atoms with E-state index in [4.69, 9.17) is 4.74 Å². The molecule has 1 fully saturated rings. The Morgan fingerprint density at radius 2 is 1.69 bits per heavy atom. The molecule has 1 aliphatic heterocycles. The number of thiazole rings is 1. The number of methoxy groups -OCH3 is 1. The molecule has 15 heteroatoms. The van der Waals surface area contributed by atoms with Crippen LogP contribution in [-0.2, 0) is 32.6 Å². The molecular weight excluding hydrogens is 695 g/mol. The molecule has 2 aromatic carbocycles. The number of aromatic nitrogens is 1. The Labute approximate surface area is 304 Å². The number of sulfonamides is 1. The number of urea groups is 1. The Bertz CT molecular complexity index is 1730. The van der Waals surface area contributed by atoms with E-state index in [0.717, 1.165) is 5.56 Å². The zero-order valence-electron chi connectivity index (χ0n) is 29.9. The summed E-state index contributed by atoms with van der Waals surface area (Å²) in [4.78, 5) is 46.8. The lowest BCUT2D eigenvalue weighted by Gasteiger charge is -2.34. The van der Waals surface area contributed by atoms with E-state index in [9.17, 15) is 33.0 Å². The summed E-state index contributed by atoms with van der Waals surface area (Å²) < 4.78 is 34.1. The number of ether oxygens (including phenoxy) is 1. The number of hydrogen-bond donors (Lipinski definition) is 3. The molecule has 1 aromatic heterocycles. The normalized spacial score (nSPS) is 16.1. The number of nitrogens with zero attached hydrogens (tertiary/aromatic N) is 4. The van der Waals surface area contributed by atoms with Crippen molar-refractivity contribution in [3.63, 3.8) is 0 Å². The van der Waals surface area contributed by atoms with Gasteiger partial charge in [-0.25, -0.2) is 18.2 Å². The number of amides is 3. The molecule has 0 aliphatic carbocycles. The largest absolute Gasteiger partial charge is 0.497 e. The molecule has 0 bridgehead atoms. The second kappa shape index (κ2) is 17.4. The van der Waals surface area contributed by atoms with Gasteiger partial charge in [-0.15, -0.1) is 11.3 Å². The first kappa shape index (κ1) is 39.7. The van der Waals surface area contributed by atoms with Crippen molar-refractivity contribution in [1.82, 2.24) is 24.4 Å². The maximum absolute atomic E-state index is 14.1. The summed E-state index contributed by atoms with van der Waals surface area (Å²) in [5.74, 6) is -2.04. The smallest absolute Gasteiger partial charge is 0.321 e. The number of aliphatic hydroxyl groups is 1. The maximum Gasteiger partial charge on any atom is 0.321 e. The van der Waals surface area contributed by atoms with E-state index in [1.165, 1.54) is 39.8 Å². The Morgan fingerprint density at radius 1 is 1.02 bits per heavy atom. The number of hydrogen-bond acceptors (Lipinski definition) is 9. The fraction of sp³-hybridized carbons (Fsp3) is 0.500. The zero-order valence-corrected chi connectivity index (χ0v) is 31.6. The van der Waals surface area contributed by atoms with Gasteiger partial charge < -0.3 is 30.1 Å². The van der Waals surface area contributed by atoms with Gasteiger partial charge in [0.05, 0.1) is 36.4 Å². The van der Waals surface area contributed by atoms with Crippen molar-refractivity contribution in [1.29, 1.82) is 0 Å². The molecule has 4 rings (SSSR count). The minimum atomic E-state index is -4.03. The topological polar surface area (TPSA) is 170 Å². The van der Waals surface area contributed by atoms with Crippen LogP contribution in [0.25, 0.3) is 0 Å². The maximum atomic E-state index is 14.1. The summed E-state index contributed by atoms with van der Waals surface area (Å²) in [5.41, 5.74) is 1.41. The molecule has 3 aromatic rings. The van der Waals surface area contributed by atoms with Crippen LogP contribution in [0.3, 0.4) is 0 Å². The molecule has 278 valence electrons. The lowest BCUT2D eigenvalue weighted by Crippen LogP contribution is -2.57. The third-order valence-electron chi connectivity index (χ3n) is 8.77. The summed E-state index contributed by atoms with van der Waals surface area (Å²) in [6.07, 6.45) is -1.08. The van der Waals surface area contributed by atoms with Gasteiger partial charge in [0.2, 0.25) is 15.9 Å². The minimum Gasteiger partial charge on any atom is -0.497 e. The number of aliphatic carboxylic acids is 1. The lowest BCUT2D eigenvalue weighted by atomic mass is 9.97. The minimum absolute atomic E-state index is 0.0572.